The lowest BCUT2D eigenvalue weighted by atomic mass is 10.1. The number of ether oxygens (including phenoxy) is 1. The first-order chi connectivity index (χ1) is 16.3. The molecule has 0 saturated carbocycles. The lowest BCUT2D eigenvalue weighted by molar-refractivity contribution is -0.118. The third-order valence-electron chi connectivity index (χ3n) is 4.98. The van der Waals surface area contributed by atoms with Gasteiger partial charge >= 0.3 is 0 Å². The van der Waals surface area contributed by atoms with Crippen molar-refractivity contribution in [3.8, 4) is 6.01 Å². The van der Waals surface area contributed by atoms with Gasteiger partial charge in [-0.3, -0.25) is 19.0 Å². The van der Waals surface area contributed by atoms with E-state index in [-0.39, 0.29) is 29.4 Å². The summed E-state index contributed by atoms with van der Waals surface area (Å²) in [6.07, 6.45) is 0. The summed E-state index contributed by atoms with van der Waals surface area (Å²) in [6, 6.07) is 19.2. The highest BCUT2D eigenvalue weighted by Crippen LogP contribution is 2.26. The van der Waals surface area contributed by atoms with Crippen LogP contribution in [0.15, 0.2) is 66.7 Å². The summed E-state index contributed by atoms with van der Waals surface area (Å²) in [5.41, 5.74) is 13.3. The van der Waals surface area contributed by atoms with E-state index in [1.165, 1.54) is 18.2 Å². The van der Waals surface area contributed by atoms with Gasteiger partial charge < -0.3 is 21.5 Å². The van der Waals surface area contributed by atoms with Crippen LogP contribution in [0.5, 0.6) is 6.01 Å². The molecule has 0 aliphatic heterocycles. The maximum atomic E-state index is 12.6. The Hall–Kier alpha value is -4.37. The molecule has 0 radical (unpaired) electrons. The number of amides is 3. The lowest BCUT2D eigenvalue weighted by Gasteiger charge is -2.11. The summed E-state index contributed by atoms with van der Waals surface area (Å²) < 4.78 is 7.58. The number of halogens is 1. The molecule has 0 unspecified atom stereocenters. The fourth-order valence-electron chi connectivity index (χ4n) is 3.42. The minimum Gasteiger partial charge on any atom is -0.455 e. The molecule has 3 aromatic carbocycles. The van der Waals surface area contributed by atoms with Crippen LogP contribution in [0.25, 0.3) is 11.0 Å². The number of nitrogens with zero attached hydrogens (tertiary/aromatic N) is 2. The van der Waals surface area contributed by atoms with Crippen LogP contribution in [0.3, 0.4) is 0 Å². The normalized spacial score (nSPS) is 10.7. The van der Waals surface area contributed by atoms with Gasteiger partial charge in [-0.25, -0.2) is 0 Å². The topological polar surface area (TPSA) is 142 Å². The molecule has 0 saturated heterocycles. The maximum Gasteiger partial charge on any atom is 0.298 e. The van der Waals surface area contributed by atoms with Crippen molar-refractivity contribution in [2.24, 2.45) is 11.5 Å². The number of anilines is 1. The number of carbonyl (C=O) groups is 3. The number of benzene rings is 3. The summed E-state index contributed by atoms with van der Waals surface area (Å²) in [6.45, 7) is 0.0943. The van der Waals surface area contributed by atoms with Gasteiger partial charge in [-0.15, -0.1) is 0 Å². The number of fused-ring (bicyclic) bond motifs is 1. The first kappa shape index (κ1) is 22.8. The Kier molecular flexibility index (Phi) is 6.46. The summed E-state index contributed by atoms with van der Waals surface area (Å²) in [4.78, 5) is 40.1. The molecule has 1 aromatic heterocycles. The van der Waals surface area contributed by atoms with E-state index in [4.69, 9.17) is 27.8 Å². The van der Waals surface area contributed by atoms with Gasteiger partial charge in [-0.05, 0) is 42.0 Å². The molecule has 10 heteroatoms. The predicted octanol–water partition coefficient (Wildman–Crippen LogP) is 2.95. The van der Waals surface area contributed by atoms with Crippen LogP contribution in [0.4, 0.5) is 5.69 Å². The number of aromatic nitrogens is 2. The number of carbonyl (C=O) groups excluding carboxylic acids is 3. The van der Waals surface area contributed by atoms with Crippen LogP contribution in [0, 0.1) is 0 Å². The Balaban J connectivity index is 1.55. The Morgan fingerprint density at radius 3 is 2.26 bits per heavy atom. The fourth-order valence-corrected chi connectivity index (χ4v) is 3.59. The third kappa shape index (κ3) is 5.16. The van der Waals surface area contributed by atoms with Crippen molar-refractivity contribution >= 4 is 46.0 Å². The molecule has 0 aliphatic carbocycles. The van der Waals surface area contributed by atoms with Crippen LogP contribution in [-0.2, 0) is 11.3 Å². The SMILES string of the molecule is NC(=O)c1cc(NC(=O)COc2nc3cc(Cl)ccc3n2Cc2ccccc2)cc(C(N)=O)c1. The molecule has 3 amide bonds. The van der Waals surface area contributed by atoms with Gasteiger partial charge in [-0.1, -0.05) is 41.9 Å². The molecular weight excluding hydrogens is 458 g/mol. The molecule has 0 atom stereocenters. The van der Waals surface area contributed by atoms with Gasteiger partial charge in [0.15, 0.2) is 6.61 Å². The summed E-state index contributed by atoms with van der Waals surface area (Å²) in [5.74, 6) is -2.06. The van der Waals surface area contributed by atoms with Gasteiger partial charge in [0.05, 0.1) is 17.6 Å². The second-order valence-corrected chi connectivity index (χ2v) is 7.90. The number of nitrogens with one attached hydrogen (secondary N) is 1. The van der Waals surface area contributed by atoms with E-state index in [2.05, 4.69) is 10.3 Å². The van der Waals surface area contributed by atoms with E-state index >= 15 is 0 Å². The highest BCUT2D eigenvalue weighted by molar-refractivity contribution is 6.31. The minimum atomic E-state index is -0.761. The molecule has 0 bridgehead atoms. The summed E-state index contributed by atoms with van der Waals surface area (Å²) >= 11 is 6.11. The number of nitrogens with two attached hydrogens (primary N) is 2. The molecule has 5 N–H and O–H groups in total. The molecular formula is C24H20ClN5O4. The quantitative estimate of drug-likeness (QED) is 0.357. The van der Waals surface area contributed by atoms with Crippen LogP contribution in [0.2, 0.25) is 5.02 Å². The minimum absolute atomic E-state index is 0.0362. The van der Waals surface area contributed by atoms with Gasteiger partial charge in [0, 0.05) is 21.8 Å². The number of primary amides is 2. The number of hydrogen-bond donors (Lipinski definition) is 3. The van der Waals surface area contributed by atoms with Gasteiger partial charge in [0.1, 0.15) is 0 Å². The molecule has 0 fully saturated rings. The second kappa shape index (κ2) is 9.63. The zero-order valence-electron chi connectivity index (χ0n) is 17.8. The molecule has 0 spiro atoms. The highest BCUT2D eigenvalue weighted by Gasteiger charge is 2.16. The second-order valence-electron chi connectivity index (χ2n) is 7.46. The van der Waals surface area contributed by atoms with Crippen molar-refractivity contribution in [2.45, 2.75) is 6.54 Å². The first-order valence-electron chi connectivity index (χ1n) is 10.2. The van der Waals surface area contributed by atoms with E-state index in [0.29, 0.717) is 17.1 Å². The van der Waals surface area contributed by atoms with Crippen LogP contribution in [-0.4, -0.2) is 33.9 Å². The third-order valence-corrected chi connectivity index (χ3v) is 5.21. The van der Waals surface area contributed by atoms with E-state index in [1.54, 1.807) is 12.1 Å². The molecule has 9 nitrogen and oxygen atoms in total. The highest BCUT2D eigenvalue weighted by atomic mass is 35.5. The zero-order valence-corrected chi connectivity index (χ0v) is 18.6. The Labute approximate surface area is 199 Å². The molecule has 1 heterocycles. The monoisotopic (exact) mass is 477 g/mol. The summed E-state index contributed by atoms with van der Waals surface area (Å²) in [7, 11) is 0. The number of hydrogen-bond acceptors (Lipinski definition) is 5. The Morgan fingerprint density at radius 2 is 1.62 bits per heavy atom. The fraction of sp³-hybridized carbons (Fsp3) is 0.0833. The van der Waals surface area contributed by atoms with Crippen LogP contribution in [0.1, 0.15) is 26.3 Å². The number of imidazole rings is 1. The molecule has 0 aliphatic rings. The average molecular weight is 478 g/mol. The smallest absolute Gasteiger partial charge is 0.298 e. The van der Waals surface area contributed by atoms with Crippen molar-refractivity contribution in [2.75, 3.05) is 11.9 Å². The van der Waals surface area contributed by atoms with E-state index < -0.39 is 17.7 Å². The van der Waals surface area contributed by atoms with Crippen LogP contribution >= 0.6 is 11.6 Å². The van der Waals surface area contributed by atoms with Crippen LogP contribution < -0.4 is 21.5 Å². The molecule has 172 valence electrons. The standard InChI is InChI=1S/C24H20ClN5O4/c25-17-6-7-20-19(11-17)29-24(30(20)12-14-4-2-1-3-5-14)34-13-21(31)28-18-9-15(22(26)32)8-16(10-18)23(27)33/h1-11H,12-13H2,(H2,26,32)(H2,27,33)(H,28,31). The predicted molar refractivity (Wildman–Crippen MR) is 128 cm³/mol. The average Bonchev–Trinajstić information content (AvgIpc) is 3.14. The van der Waals surface area contributed by atoms with E-state index in [9.17, 15) is 14.4 Å². The van der Waals surface area contributed by atoms with E-state index in [1.807, 2.05) is 41.0 Å². The largest absolute Gasteiger partial charge is 0.455 e. The Bertz CT molecular complexity index is 1370. The zero-order chi connectivity index (χ0) is 24.2. The van der Waals surface area contributed by atoms with Gasteiger partial charge in [0.2, 0.25) is 11.8 Å². The molecule has 4 rings (SSSR count). The van der Waals surface area contributed by atoms with Crippen molar-refractivity contribution < 1.29 is 19.1 Å². The summed E-state index contributed by atoms with van der Waals surface area (Å²) in [5, 5.41) is 3.11. The number of rotatable bonds is 8. The van der Waals surface area contributed by atoms with Crippen molar-refractivity contribution in [1.82, 2.24) is 9.55 Å². The van der Waals surface area contributed by atoms with E-state index in [0.717, 1.165) is 11.1 Å². The van der Waals surface area contributed by atoms with Gasteiger partial charge in [0.25, 0.3) is 11.9 Å². The molecule has 4 aromatic rings. The van der Waals surface area contributed by atoms with Gasteiger partial charge in [-0.2, -0.15) is 4.98 Å². The Morgan fingerprint density at radius 1 is 0.941 bits per heavy atom. The van der Waals surface area contributed by atoms with Crippen molar-refractivity contribution in [3.05, 3.63) is 88.4 Å². The maximum absolute atomic E-state index is 12.6. The van der Waals surface area contributed by atoms with Crippen molar-refractivity contribution in [1.29, 1.82) is 0 Å². The first-order valence-corrected chi connectivity index (χ1v) is 10.5. The van der Waals surface area contributed by atoms with Crippen molar-refractivity contribution in [3.63, 3.8) is 0 Å². The molecule has 34 heavy (non-hydrogen) atoms. The lowest BCUT2D eigenvalue weighted by Crippen LogP contribution is -2.23.